The fraction of sp³-hybridized carbons (Fsp3) is 0.143. The zero-order valence-corrected chi connectivity index (χ0v) is 7.66. The Kier molecular flexibility index (Phi) is 2.84. The monoisotopic (exact) mass is 240 g/mol. The molecule has 0 spiro atoms. The highest BCUT2D eigenvalue weighted by Crippen LogP contribution is 2.29. The first-order chi connectivity index (χ1) is 5.11. The summed E-state index contributed by atoms with van der Waals surface area (Å²) in [5.74, 6) is 0. The molecule has 4 heteroatoms. The smallest absolute Gasteiger partial charge is 0.205 e. The molecular weight excluding hydrogens is 237 g/mol. The second-order valence-corrected chi connectivity index (χ2v) is 3.26. The minimum atomic E-state index is -2.48. The second kappa shape index (κ2) is 3.50. The molecule has 0 saturated carbocycles. The van der Waals surface area contributed by atoms with Crippen LogP contribution >= 0.6 is 27.5 Å². The third-order valence-electron chi connectivity index (χ3n) is 1.19. The molecule has 0 fully saturated rings. The van der Waals surface area contributed by atoms with E-state index in [1.165, 1.54) is 12.1 Å². The first-order valence-corrected chi connectivity index (χ1v) is 4.01. The van der Waals surface area contributed by atoms with Gasteiger partial charge < -0.3 is 0 Å². The van der Waals surface area contributed by atoms with Gasteiger partial charge >= 0.3 is 0 Å². The summed E-state index contributed by atoms with van der Waals surface area (Å²) >= 11 is 8.50. The van der Waals surface area contributed by atoms with Crippen LogP contribution < -0.4 is 0 Å². The molecule has 0 aliphatic heterocycles. The summed E-state index contributed by atoms with van der Waals surface area (Å²) in [6.45, 7) is 0. The van der Waals surface area contributed by atoms with Gasteiger partial charge in [-0.05, 0) is 18.2 Å². The standard InChI is InChI=1S/C7H4BrClF2/c8-6-2-1-4(9)3-5(6)7(10)11/h1-3,7H. The Balaban J connectivity index is 3.13. The Hall–Kier alpha value is -0.150. The van der Waals surface area contributed by atoms with Gasteiger partial charge in [0.05, 0.1) is 0 Å². The van der Waals surface area contributed by atoms with Crippen LogP contribution in [-0.2, 0) is 0 Å². The Morgan fingerprint density at radius 1 is 1.36 bits per heavy atom. The van der Waals surface area contributed by atoms with Crippen molar-refractivity contribution < 1.29 is 8.78 Å². The summed E-state index contributed by atoms with van der Waals surface area (Å²) in [5.41, 5.74) is -0.0718. The van der Waals surface area contributed by atoms with Gasteiger partial charge in [-0.3, -0.25) is 0 Å². The van der Waals surface area contributed by atoms with E-state index in [4.69, 9.17) is 11.6 Å². The predicted octanol–water partition coefficient (Wildman–Crippen LogP) is 4.04. The van der Waals surface area contributed by atoms with E-state index in [0.717, 1.165) is 0 Å². The molecule has 1 aromatic rings. The summed E-state index contributed by atoms with van der Waals surface area (Å²) in [7, 11) is 0. The highest BCUT2D eigenvalue weighted by Gasteiger charge is 2.10. The Morgan fingerprint density at radius 2 is 2.00 bits per heavy atom. The summed E-state index contributed by atoms with van der Waals surface area (Å²) in [5, 5.41) is 0.323. The Bertz CT molecular complexity index is 263. The maximum atomic E-state index is 12.1. The van der Waals surface area contributed by atoms with E-state index in [9.17, 15) is 8.78 Å². The third kappa shape index (κ3) is 2.14. The van der Waals surface area contributed by atoms with E-state index in [-0.39, 0.29) is 5.56 Å². The van der Waals surface area contributed by atoms with Crippen LogP contribution in [0.4, 0.5) is 8.78 Å². The maximum Gasteiger partial charge on any atom is 0.264 e. The Morgan fingerprint density at radius 3 is 2.45 bits per heavy atom. The molecule has 0 aliphatic carbocycles. The zero-order chi connectivity index (χ0) is 8.43. The first-order valence-electron chi connectivity index (χ1n) is 2.84. The average molecular weight is 241 g/mol. The summed E-state index contributed by atoms with van der Waals surface area (Å²) < 4.78 is 24.6. The quantitative estimate of drug-likeness (QED) is 0.696. The van der Waals surface area contributed by atoms with E-state index in [0.29, 0.717) is 9.50 Å². The largest absolute Gasteiger partial charge is 0.264 e. The number of rotatable bonds is 1. The zero-order valence-electron chi connectivity index (χ0n) is 5.32. The van der Waals surface area contributed by atoms with Crippen molar-refractivity contribution in [1.29, 1.82) is 0 Å². The van der Waals surface area contributed by atoms with Gasteiger partial charge in [-0.2, -0.15) is 0 Å². The lowest BCUT2D eigenvalue weighted by atomic mass is 10.2. The summed E-state index contributed by atoms with van der Waals surface area (Å²) in [6, 6.07) is 4.30. The molecule has 0 radical (unpaired) electrons. The molecule has 0 atom stereocenters. The van der Waals surface area contributed by atoms with Crippen LogP contribution in [0.5, 0.6) is 0 Å². The lowest BCUT2D eigenvalue weighted by molar-refractivity contribution is 0.150. The van der Waals surface area contributed by atoms with Crippen LogP contribution in [0.25, 0.3) is 0 Å². The van der Waals surface area contributed by atoms with Crippen molar-refractivity contribution >= 4 is 27.5 Å². The topological polar surface area (TPSA) is 0 Å². The van der Waals surface area contributed by atoms with E-state index >= 15 is 0 Å². The third-order valence-corrected chi connectivity index (χ3v) is 2.15. The molecule has 0 saturated heterocycles. The van der Waals surface area contributed by atoms with Crippen molar-refractivity contribution in [2.45, 2.75) is 6.43 Å². The van der Waals surface area contributed by atoms with Gasteiger partial charge in [0.25, 0.3) is 6.43 Å². The van der Waals surface area contributed by atoms with Crippen LogP contribution in [0.15, 0.2) is 22.7 Å². The van der Waals surface area contributed by atoms with Crippen LogP contribution in [0, 0.1) is 0 Å². The van der Waals surface area contributed by atoms with Crippen LogP contribution in [-0.4, -0.2) is 0 Å². The number of halogens is 4. The van der Waals surface area contributed by atoms with Gasteiger partial charge in [0.2, 0.25) is 0 Å². The molecule has 60 valence electrons. The van der Waals surface area contributed by atoms with E-state index < -0.39 is 6.43 Å². The van der Waals surface area contributed by atoms with Crippen molar-refractivity contribution in [3.8, 4) is 0 Å². The number of hydrogen-bond donors (Lipinski definition) is 0. The van der Waals surface area contributed by atoms with Gasteiger partial charge in [-0.25, -0.2) is 8.78 Å². The molecule has 0 nitrogen and oxygen atoms in total. The minimum absolute atomic E-state index is 0.0718. The van der Waals surface area contributed by atoms with Crippen molar-refractivity contribution in [3.05, 3.63) is 33.3 Å². The normalized spacial score (nSPS) is 10.6. The lowest BCUT2D eigenvalue weighted by Crippen LogP contribution is -1.84. The predicted molar refractivity (Wildman–Crippen MR) is 44.1 cm³/mol. The molecule has 0 aliphatic rings. The SMILES string of the molecule is FC(F)c1cc(Cl)ccc1Br. The molecule has 1 aromatic carbocycles. The van der Waals surface area contributed by atoms with Crippen molar-refractivity contribution in [1.82, 2.24) is 0 Å². The van der Waals surface area contributed by atoms with Crippen LogP contribution in [0.1, 0.15) is 12.0 Å². The number of hydrogen-bond acceptors (Lipinski definition) is 0. The average Bonchev–Trinajstić information content (AvgIpc) is 1.94. The fourth-order valence-electron chi connectivity index (χ4n) is 0.682. The minimum Gasteiger partial charge on any atom is -0.205 e. The second-order valence-electron chi connectivity index (χ2n) is 1.97. The van der Waals surface area contributed by atoms with Crippen LogP contribution in [0.3, 0.4) is 0 Å². The molecule has 0 heterocycles. The van der Waals surface area contributed by atoms with Gasteiger partial charge in [0.1, 0.15) is 0 Å². The lowest BCUT2D eigenvalue weighted by Gasteiger charge is -2.02. The molecular formula is C7H4BrClF2. The molecule has 0 amide bonds. The van der Waals surface area contributed by atoms with Crippen molar-refractivity contribution in [3.63, 3.8) is 0 Å². The van der Waals surface area contributed by atoms with E-state index in [1.807, 2.05) is 0 Å². The fourth-order valence-corrected chi connectivity index (χ4v) is 1.28. The molecule has 1 rings (SSSR count). The van der Waals surface area contributed by atoms with Gasteiger partial charge in [0.15, 0.2) is 0 Å². The molecule has 0 unspecified atom stereocenters. The first kappa shape index (κ1) is 8.94. The maximum absolute atomic E-state index is 12.1. The van der Waals surface area contributed by atoms with Gasteiger partial charge in [-0.15, -0.1) is 0 Å². The highest BCUT2D eigenvalue weighted by molar-refractivity contribution is 9.10. The van der Waals surface area contributed by atoms with Gasteiger partial charge in [0, 0.05) is 15.1 Å². The Labute approximate surface area is 76.3 Å². The molecule has 0 N–H and O–H groups in total. The highest BCUT2D eigenvalue weighted by atomic mass is 79.9. The van der Waals surface area contributed by atoms with Crippen molar-refractivity contribution in [2.75, 3.05) is 0 Å². The number of alkyl halides is 2. The molecule has 0 aromatic heterocycles. The summed E-state index contributed by atoms with van der Waals surface area (Å²) in [4.78, 5) is 0. The summed E-state index contributed by atoms with van der Waals surface area (Å²) in [6.07, 6.45) is -2.48. The number of benzene rings is 1. The molecule has 0 bridgehead atoms. The van der Waals surface area contributed by atoms with Crippen molar-refractivity contribution in [2.24, 2.45) is 0 Å². The van der Waals surface area contributed by atoms with E-state index in [1.54, 1.807) is 6.07 Å². The van der Waals surface area contributed by atoms with Crippen LogP contribution in [0.2, 0.25) is 5.02 Å². The van der Waals surface area contributed by atoms with Gasteiger partial charge in [-0.1, -0.05) is 27.5 Å². The molecule has 11 heavy (non-hydrogen) atoms. The van der Waals surface area contributed by atoms with E-state index in [2.05, 4.69) is 15.9 Å².